The molecule has 32 heavy (non-hydrogen) atoms. The Kier molecular flexibility index (Phi) is 8.38. The Bertz CT molecular complexity index is 1110. The molecule has 0 saturated carbocycles. The van der Waals surface area contributed by atoms with Gasteiger partial charge in [-0.3, -0.25) is 9.59 Å². The summed E-state index contributed by atoms with van der Waals surface area (Å²) in [6.45, 7) is 2.49. The van der Waals surface area contributed by atoms with Gasteiger partial charge < -0.3 is 19.9 Å². The first-order chi connectivity index (χ1) is 15.4. The number of nitrogens with zero attached hydrogens (tertiary/aromatic N) is 3. The predicted molar refractivity (Wildman–Crippen MR) is 127 cm³/mol. The summed E-state index contributed by atoms with van der Waals surface area (Å²) in [5.74, 6) is 0.907. The van der Waals surface area contributed by atoms with Gasteiger partial charge in [0.1, 0.15) is 11.6 Å². The number of methoxy groups -OCH3 is 1. The Labute approximate surface area is 199 Å². The van der Waals surface area contributed by atoms with Crippen molar-refractivity contribution in [2.24, 2.45) is 0 Å². The molecule has 0 saturated heterocycles. The lowest BCUT2D eigenvalue weighted by atomic mass is 10.3. The van der Waals surface area contributed by atoms with Crippen LogP contribution in [0.4, 0.5) is 11.4 Å². The smallest absolute Gasteiger partial charge is 0.234 e. The van der Waals surface area contributed by atoms with Crippen LogP contribution < -0.4 is 15.4 Å². The van der Waals surface area contributed by atoms with Crippen molar-refractivity contribution in [2.75, 3.05) is 23.5 Å². The van der Waals surface area contributed by atoms with E-state index in [1.165, 1.54) is 11.8 Å². The van der Waals surface area contributed by atoms with Gasteiger partial charge in [0.2, 0.25) is 11.8 Å². The molecule has 3 aromatic rings. The van der Waals surface area contributed by atoms with Crippen LogP contribution in [0, 0.1) is 0 Å². The van der Waals surface area contributed by atoms with Gasteiger partial charge in [0.25, 0.3) is 0 Å². The van der Waals surface area contributed by atoms with Gasteiger partial charge in [0.05, 0.1) is 29.3 Å². The van der Waals surface area contributed by atoms with Gasteiger partial charge in [-0.25, -0.2) is 0 Å². The Morgan fingerprint density at radius 1 is 1.00 bits per heavy atom. The summed E-state index contributed by atoms with van der Waals surface area (Å²) in [7, 11) is 1.58. The molecule has 0 aliphatic rings. The van der Waals surface area contributed by atoms with E-state index in [9.17, 15) is 9.59 Å². The van der Waals surface area contributed by atoms with Crippen LogP contribution in [-0.2, 0) is 22.6 Å². The monoisotopic (exact) mass is 493 g/mol. The Morgan fingerprint density at radius 3 is 2.34 bits per heavy atom. The summed E-state index contributed by atoms with van der Waals surface area (Å²) < 4.78 is 6.92. The summed E-state index contributed by atoms with van der Waals surface area (Å²) in [6, 6.07) is 11.9. The van der Waals surface area contributed by atoms with Crippen LogP contribution in [0.1, 0.15) is 12.7 Å². The summed E-state index contributed by atoms with van der Waals surface area (Å²) in [4.78, 5) is 24.7. The van der Waals surface area contributed by atoms with E-state index < -0.39 is 0 Å². The highest BCUT2D eigenvalue weighted by molar-refractivity contribution is 7.99. The second kappa shape index (κ2) is 11.2. The van der Waals surface area contributed by atoms with Crippen LogP contribution in [0.25, 0.3) is 0 Å². The molecular weight excluding hydrogens is 473 g/mol. The van der Waals surface area contributed by atoms with E-state index in [4.69, 9.17) is 27.9 Å². The molecule has 0 fully saturated rings. The quantitative estimate of drug-likeness (QED) is 0.425. The van der Waals surface area contributed by atoms with Crippen molar-refractivity contribution >= 4 is 58.2 Å². The van der Waals surface area contributed by atoms with Crippen LogP contribution in [-0.4, -0.2) is 39.4 Å². The van der Waals surface area contributed by atoms with Crippen molar-refractivity contribution in [2.45, 2.75) is 25.0 Å². The molecule has 0 aliphatic carbocycles. The Hall–Kier alpha value is -2.75. The number of hydrogen-bond acceptors (Lipinski definition) is 6. The molecule has 0 aliphatic heterocycles. The molecule has 2 N–H and O–H groups in total. The third-order valence-electron chi connectivity index (χ3n) is 4.34. The summed E-state index contributed by atoms with van der Waals surface area (Å²) in [5, 5.41) is 15.2. The number of benzene rings is 2. The van der Waals surface area contributed by atoms with Gasteiger partial charge >= 0.3 is 0 Å². The maximum Gasteiger partial charge on any atom is 0.234 e. The lowest BCUT2D eigenvalue weighted by molar-refractivity contribution is -0.116. The van der Waals surface area contributed by atoms with Crippen LogP contribution >= 0.6 is 35.0 Å². The lowest BCUT2D eigenvalue weighted by Gasteiger charge is -2.09. The number of ether oxygens (including phenoxy) is 1. The van der Waals surface area contributed by atoms with Gasteiger partial charge in [-0.15, -0.1) is 10.2 Å². The minimum atomic E-state index is -0.224. The van der Waals surface area contributed by atoms with Crippen molar-refractivity contribution in [3.8, 4) is 5.75 Å². The van der Waals surface area contributed by atoms with Crippen LogP contribution in [0.3, 0.4) is 0 Å². The molecule has 2 amide bonds. The zero-order valence-electron chi connectivity index (χ0n) is 17.4. The molecule has 0 radical (unpaired) electrons. The Balaban J connectivity index is 1.56. The average Bonchev–Trinajstić information content (AvgIpc) is 3.16. The molecule has 1 aromatic heterocycles. The molecule has 168 valence electrons. The molecule has 3 rings (SSSR count). The first-order valence-corrected chi connectivity index (χ1v) is 11.4. The van der Waals surface area contributed by atoms with Gasteiger partial charge in [-0.2, -0.15) is 0 Å². The number of hydrogen-bond donors (Lipinski definition) is 2. The highest BCUT2D eigenvalue weighted by atomic mass is 35.5. The molecule has 2 aromatic carbocycles. The average molecular weight is 494 g/mol. The van der Waals surface area contributed by atoms with E-state index in [-0.39, 0.29) is 24.0 Å². The molecule has 0 spiro atoms. The molecule has 1 heterocycles. The second-order valence-corrected chi connectivity index (χ2v) is 8.32. The number of halogens is 2. The van der Waals surface area contributed by atoms with Crippen molar-refractivity contribution in [3.63, 3.8) is 0 Å². The summed E-state index contributed by atoms with van der Waals surface area (Å²) in [5.41, 5.74) is 1.21. The van der Waals surface area contributed by atoms with E-state index in [2.05, 4.69) is 20.8 Å². The predicted octanol–water partition coefficient (Wildman–Crippen LogP) is 4.53. The number of thioether (sulfide) groups is 1. The lowest BCUT2D eigenvalue weighted by Crippen LogP contribution is -2.18. The van der Waals surface area contributed by atoms with Gasteiger partial charge in [-0.1, -0.05) is 35.0 Å². The van der Waals surface area contributed by atoms with E-state index in [0.717, 1.165) is 0 Å². The molecule has 0 atom stereocenters. The van der Waals surface area contributed by atoms with Gasteiger partial charge in [0, 0.05) is 17.9 Å². The largest absolute Gasteiger partial charge is 0.497 e. The minimum Gasteiger partial charge on any atom is -0.497 e. The molecule has 0 unspecified atom stereocenters. The number of nitrogens with one attached hydrogen (secondary N) is 2. The number of carbonyl (C=O) groups is 2. The van der Waals surface area contributed by atoms with E-state index in [0.29, 0.717) is 44.7 Å². The third-order valence-corrected chi connectivity index (χ3v) is 6.04. The zero-order chi connectivity index (χ0) is 23.1. The number of rotatable bonds is 9. The summed E-state index contributed by atoms with van der Waals surface area (Å²) in [6.07, 6.45) is 0.0584. The Morgan fingerprint density at radius 2 is 1.69 bits per heavy atom. The highest BCUT2D eigenvalue weighted by Crippen LogP contribution is 2.25. The SMILES string of the molecule is CCn1c(CC(=O)Nc2ccc(OC)cc2)nnc1SCC(=O)Nc1ccc(Cl)c(Cl)c1. The normalized spacial score (nSPS) is 10.6. The third kappa shape index (κ3) is 6.38. The number of aromatic nitrogens is 3. The van der Waals surface area contributed by atoms with Crippen molar-refractivity contribution in [3.05, 3.63) is 58.3 Å². The van der Waals surface area contributed by atoms with Crippen LogP contribution in [0.2, 0.25) is 10.0 Å². The maximum atomic E-state index is 12.4. The number of amides is 2. The van der Waals surface area contributed by atoms with E-state index in [1.807, 2.05) is 11.5 Å². The maximum absolute atomic E-state index is 12.4. The number of carbonyl (C=O) groups excluding carboxylic acids is 2. The van der Waals surface area contributed by atoms with Gasteiger partial charge in [0.15, 0.2) is 5.16 Å². The van der Waals surface area contributed by atoms with E-state index in [1.54, 1.807) is 49.6 Å². The van der Waals surface area contributed by atoms with Crippen molar-refractivity contribution < 1.29 is 14.3 Å². The van der Waals surface area contributed by atoms with Crippen molar-refractivity contribution in [1.82, 2.24) is 14.8 Å². The molecular formula is C21H21Cl2N5O3S. The standard InChI is InChI=1S/C21H21Cl2N5O3S/c1-3-28-18(11-19(29)24-13-4-7-15(31-2)8-5-13)26-27-21(28)32-12-20(30)25-14-6-9-16(22)17(23)10-14/h4-10H,3,11-12H2,1-2H3,(H,24,29)(H,25,30). The van der Waals surface area contributed by atoms with Crippen LogP contribution in [0.5, 0.6) is 5.75 Å². The van der Waals surface area contributed by atoms with Gasteiger partial charge in [-0.05, 0) is 49.4 Å². The fourth-order valence-corrected chi connectivity index (χ4v) is 3.92. The molecule has 0 bridgehead atoms. The topological polar surface area (TPSA) is 98.1 Å². The van der Waals surface area contributed by atoms with Crippen LogP contribution in [0.15, 0.2) is 47.6 Å². The fraction of sp³-hybridized carbons (Fsp3) is 0.238. The first-order valence-electron chi connectivity index (χ1n) is 9.63. The second-order valence-electron chi connectivity index (χ2n) is 6.56. The first kappa shape index (κ1) is 23.9. The summed E-state index contributed by atoms with van der Waals surface area (Å²) >= 11 is 13.1. The number of anilines is 2. The highest BCUT2D eigenvalue weighted by Gasteiger charge is 2.16. The minimum absolute atomic E-state index is 0.0584. The zero-order valence-corrected chi connectivity index (χ0v) is 19.7. The fourth-order valence-electron chi connectivity index (χ4n) is 2.80. The van der Waals surface area contributed by atoms with E-state index >= 15 is 0 Å². The molecule has 8 nitrogen and oxygen atoms in total. The molecule has 11 heteroatoms. The van der Waals surface area contributed by atoms with Crippen molar-refractivity contribution in [1.29, 1.82) is 0 Å².